The standard InChI is InChI=1S/C16H16N2O3/c1-11-7-8-13(14(19)9-11)10-17-18-16(21)15(20)12-5-3-2-4-6-12/h2-10,15,19-20H,1H3,(H,18,21)/b17-10-. The SMILES string of the molecule is Cc1ccc(/C=N\NC(=O)C(O)c2ccccc2)c(O)c1. The number of hydrazone groups is 1. The second-order valence-corrected chi connectivity index (χ2v) is 4.61. The highest BCUT2D eigenvalue weighted by atomic mass is 16.3. The fourth-order valence-corrected chi connectivity index (χ4v) is 1.78. The van der Waals surface area contributed by atoms with Gasteiger partial charge in [0.2, 0.25) is 0 Å². The van der Waals surface area contributed by atoms with Crippen molar-refractivity contribution < 1.29 is 15.0 Å². The Labute approximate surface area is 122 Å². The van der Waals surface area contributed by atoms with Gasteiger partial charge in [-0.05, 0) is 30.2 Å². The zero-order valence-corrected chi connectivity index (χ0v) is 11.5. The largest absolute Gasteiger partial charge is 0.507 e. The van der Waals surface area contributed by atoms with Crippen LogP contribution in [0, 0.1) is 6.92 Å². The minimum absolute atomic E-state index is 0.0802. The van der Waals surface area contributed by atoms with E-state index in [1.165, 1.54) is 6.21 Å². The Morgan fingerprint density at radius 3 is 2.62 bits per heavy atom. The third kappa shape index (κ3) is 3.90. The van der Waals surface area contributed by atoms with Gasteiger partial charge < -0.3 is 10.2 Å². The number of aryl methyl sites for hydroxylation is 1. The van der Waals surface area contributed by atoms with Gasteiger partial charge in [-0.2, -0.15) is 5.10 Å². The molecule has 0 saturated carbocycles. The molecule has 2 aromatic rings. The lowest BCUT2D eigenvalue weighted by atomic mass is 10.1. The number of hydrogen-bond donors (Lipinski definition) is 3. The van der Waals surface area contributed by atoms with E-state index in [2.05, 4.69) is 10.5 Å². The number of aliphatic hydroxyl groups excluding tert-OH is 1. The lowest BCUT2D eigenvalue weighted by molar-refractivity contribution is -0.129. The molecule has 1 amide bonds. The van der Waals surface area contributed by atoms with Gasteiger partial charge in [-0.25, -0.2) is 5.43 Å². The van der Waals surface area contributed by atoms with Crippen LogP contribution in [0.5, 0.6) is 5.75 Å². The maximum Gasteiger partial charge on any atom is 0.273 e. The molecule has 5 nitrogen and oxygen atoms in total. The molecule has 0 fully saturated rings. The summed E-state index contributed by atoms with van der Waals surface area (Å²) in [5.41, 5.74) is 4.14. The molecule has 2 aromatic carbocycles. The molecule has 0 aromatic heterocycles. The number of benzene rings is 2. The van der Waals surface area contributed by atoms with Crippen LogP contribution in [0.3, 0.4) is 0 Å². The molecule has 21 heavy (non-hydrogen) atoms. The highest BCUT2D eigenvalue weighted by Gasteiger charge is 2.15. The Kier molecular flexibility index (Phi) is 4.68. The number of nitrogens with one attached hydrogen (secondary N) is 1. The van der Waals surface area contributed by atoms with E-state index >= 15 is 0 Å². The molecule has 1 unspecified atom stereocenters. The van der Waals surface area contributed by atoms with Crippen LogP contribution in [0.2, 0.25) is 0 Å². The van der Waals surface area contributed by atoms with Gasteiger partial charge >= 0.3 is 0 Å². The average molecular weight is 284 g/mol. The molecule has 5 heteroatoms. The summed E-state index contributed by atoms with van der Waals surface area (Å²) < 4.78 is 0. The van der Waals surface area contributed by atoms with Crippen molar-refractivity contribution in [1.82, 2.24) is 5.43 Å². The summed E-state index contributed by atoms with van der Waals surface area (Å²) in [7, 11) is 0. The number of phenolic OH excluding ortho intramolecular Hbond substituents is 1. The van der Waals surface area contributed by atoms with Crippen LogP contribution in [0.4, 0.5) is 0 Å². The minimum Gasteiger partial charge on any atom is -0.507 e. The van der Waals surface area contributed by atoms with E-state index in [9.17, 15) is 15.0 Å². The number of nitrogens with zero attached hydrogens (tertiary/aromatic N) is 1. The first kappa shape index (κ1) is 14.7. The fraction of sp³-hybridized carbons (Fsp3) is 0.125. The molecule has 2 rings (SSSR count). The van der Waals surface area contributed by atoms with E-state index in [0.717, 1.165) is 5.56 Å². The molecule has 0 radical (unpaired) electrons. The van der Waals surface area contributed by atoms with E-state index < -0.39 is 12.0 Å². The Morgan fingerprint density at radius 1 is 1.24 bits per heavy atom. The predicted octanol–water partition coefficient (Wildman–Crippen LogP) is 1.88. The summed E-state index contributed by atoms with van der Waals surface area (Å²) in [4.78, 5) is 11.7. The number of aromatic hydroxyl groups is 1. The van der Waals surface area contributed by atoms with Crippen LogP contribution in [0.15, 0.2) is 53.6 Å². The molecule has 0 spiro atoms. The second kappa shape index (κ2) is 6.67. The van der Waals surface area contributed by atoms with E-state index in [1.807, 2.05) is 13.0 Å². The van der Waals surface area contributed by atoms with Crippen LogP contribution in [0.1, 0.15) is 22.8 Å². The first-order valence-electron chi connectivity index (χ1n) is 6.43. The van der Waals surface area contributed by atoms with Crippen LogP contribution in [0.25, 0.3) is 0 Å². The summed E-state index contributed by atoms with van der Waals surface area (Å²) in [6.07, 6.45) is 0.0414. The van der Waals surface area contributed by atoms with Crippen LogP contribution < -0.4 is 5.43 Å². The Hall–Kier alpha value is -2.66. The molecule has 0 bridgehead atoms. The van der Waals surface area contributed by atoms with Gasteiger partial charge in [0.25, 0.3) is 5.91 Å². The highest BCUT2D eigenvalue weighted by Crippen LogP contribution is 2.16. The second-order valence-electron chi connectivity index (χ2n) is 4.61. The predicted molar refractivity (Wildman–Crippen MR) is 80.0 cm³/mol. The maximum absolute atomic E-state index is 11.7. The van der Waals surface area contributed by atoms with Crippen molar-refractivity contribution >= 4 is 12.1 Å². The summed E-state index contributed by atoms with van der Waals surface area (Å²) in [5, 5.41) is 23.3. The van der Waals surface area contributed by atoms with Crippen molar-refractivity contribution in [3.63, 3.8) is 0 Å². The molecule has 1 atom stereocenters. The van der Waals surface area contributed by atoms with E-state index in [-0.39, 0.29) is 5.75 Å². The summed E-state index contributed by atoms with van der Waals surface area (Å²) in [5.74, 6) is -0.555. The van der Waals surface area contributed by atoms with Crippen molar-refractivity contribution in [3.8, 4) is 5.75 Å². The van der Waals surface area contributed by atoms with Crippen molar-refractivity contribution in [2.24, 2.45) is 5.10 Å². The van der Waals surface area contributed by atoms with Crippen molar-refractivity contribution in [2.45, 2.75) is 13.0 Å². The number of amides is 1. The normalized spacial score (nSPS) is 12.3. The number of carbonyl (C=O) groups is 1. The highest BCUT2D eigenvalue weighted by molar-refractivity contribution is 5.86. The third-order valence-electron chi connectivity index (χ3n) is 2.93. The zero-order chi connectivity index (χ0) is 15.2. The number of hydrogen-bond acceptors (Lipinski definition) is 4. The first-order chi connectivity index (χ1) is 10.1. The van der Waals surface area contributed by atoms with Gasteiger partial charge in [-0.1, -0.05) is 36.4 Å². The summed E-state index contributed by atoms with van der Waals surface area (Å²) >= 11 is 0. The number of aliphatic hydroxyl groups is 1. The van der Waals surface area contributed by atoms with Crippen LogP contribution in [-0.4, -0.2) is 22.3 Å². The molecular weight excluding hydrogens is 268 g/mol. The molecule has 3 N–H and O–H groups in total. The Morgan fingerprint density at radius 2 is 1.95 bits per heavy atom. The lowest BCUT2D eigenvalue weighted by Crippen LogP contribution is -2.25. The van der Waals surface area contributed by atoms with Gasteiger partial charge in [-0.15, -0.1) is 0 Å². The van der Waals surface area contributed by atoms with E-state index in [4.69, 9.17) is 0 Å². The fourth-order valence-electron chi connectivity index (χ4n) is 1.78. The van der Waals surface area contributed by atoms with Gasteiger partial charge in [0.1, 0.15) is 5.75 Å². The molecule has 108 valence electrons. The monoisotopic (exact) mass is 284 g/mol. The number of rotatable bonds is 4. The number of carbonyl (C=O) groups excluding carboxylic acids is 1. The quantitative estimate of drug-likeness (QED) is 0.592. The third-order valence-corrected chi connectivity index (χ3v) is 2.93. The summed E-state index contributed by atoms with van der Waals surface area (Å²) in [6.45, 7) is 1.86. The molecular formula is C16H16N2O3. The molecule has 0 aliphatic carbocycles. The molecule has 0 heterocycles. The molecule has 0 aliphatic rings. The van der Waals surface area contributed by atoms with Gasteiger partial charge in [0.05, 0.1) is 6.21 Å². The molecule has 0 saturated heterocycles. The first-order valence-corrected chi connectivity index (χ1v) is 6.43. The van der Waals surface area contributed by atoms with Gasteiger partial charge in [0, 0.05) is 5.56 Å². The van der Waals surface area contributed by atoms with Crippen LogP contribution in [-0.2, 0) is 4.79 Å². The van der Waals surface area contributed by atoms with Gasteiger partial charge in [-0.3, -0.25) is 4.79 Å². The lowest BCUT2D eigenvalue weighted by Gasteiger charge is -2.08. The topological polar surface area (TPSA) is 81.9 Å². The van der Waals surface area contributed by atoms with Crippen molar-refractivity contribution in [2.75, 3.05) is 0 Å². The maximum atomic E-state index is 11.7. The van der Waals surface area contributed by atoms with Crippen LogP contribution >= 0.6 is 0 Å². The van der Waals surface area contributed by atoms with Gasteiger partial charge in [0.15, 0.2) is 6.10 Å². The Balaban J connectivity index is 1.99. The van der Waals surface area contributed by atoms with Crippen molar-refractivity contribution in [1.29, 1.82) is 0 Å². The average Bonchev–Trinajstić information content (AvgIpc) is 2.49. The summed E-state index contributed by atoms with van der Waals surface area (Å²) in [6, 6.07) is 13.7. The smallest absolute Gasteiger partial charge is 0.273 e. The minimum atomic E-state index is -1.28. The Bertz CT molecular complexity index is 654. The zero-order valence-electron chi connectivity index (χ0n) is 11.5. The van der Waals surface area contributed by atoms with Crippen molar-refractivity contribution in [3.05, 3.63) is 65.2 Å². The van der Waals surface area contributed by atoms with E-state index in [1.54, 1.807) is 42.5 Å². The number of phenols is 1. The molecule has 0 aliphatic heterocycles. The van der Waals surface area contributed by atoms with E-state index in [0.29, 0.717) is 11.1 Å².